The highest BCUT2D eigenvalue weighted by atomic mass is 79.9. The van der Waals surface area contributed by atoms with Crippen LogP contribution in [0.2, 0.25) is 0 Å². The summed E-state index contributed by atoms with van der Waals surface area (Å²) in [5.41, 5.74) is 1.03. The molecule has 0 saturated carbocycles. The van der Waals surface area contributed by atoms with Crippen LogP contribution in [0.5, 0.6) is 5.75 Å². The molecule has 0 aliphatic rings. The van der Waals surface area contributed by atoms with Crippen molar-refractivity contribution in [2.75, 3.05) is 14.2 Å². The summed E-state index contributed by atoms with van der Waals surface area (Å²) in [6.45, 7) is 1.40. The minimum atomic E-state index is -1.11. The molecule has 9 nitrogen and oxygen atoms in total. The van der Waals surface area contributed by atoms with E-state index in [0.29, 0.717) is 21.5 Å². The molecule has 0 radical (unpaired) electrons. The molecule has 3 aromatic rings. The molecule has 1 N–H and O–H groups in total. The third-order valence-corrected chi connectivity index (χ3v) is 5.13. The number of benzene rings is 2. The number of hydrogen-bond acceptors (Lipinski definition) is 7. The molecule has 0 aliphatic heterocycles. The maximum Gasteiger partial charge on any atom is 0.357 e. The number of para-hydroxylation sites is 1. The quantitative estimate of drug-likeness (QED) is 0.485. The van der Waals surface area contributed by atoms with Gasteiger partial charge >= 0.3 is 17.9 Å². The van der Waals surface area contributed by atoms with Gasteiger partial charge in [-0.3, -0.25) is 0 Å². The first-order valence-corrected chi connectivity index (χ1v) is 10.1. The van der Waals surface area contributed by atoms with Gasteiger partial charge in [-0.1, -0.05) is 18.2 Å². The van der Waals surface area contributed by atoms with E-state index in [9.17, 15) is 14.4 Å². The van der Waals surface area contributed by atoms with Crippen molar-refractivity contribution in [1.82, 2.24) is 9.78 Å². The highest BCUT2D eigenvalue weighted by Crippen LogP contribution is 2.34. The summed E-state index contributed by atoms with van der Waals surface area (Å²) < 4.78 is 17.0. The maximum atomic E-state index is 12.7. The number of esters is 2. The Morgan fingerprint density at radius 3 is 2.25 bits per heavy atom. The number of rotatable bonds is 7. The predicted octanol–water partition coefficient (Wildman–Crippen LogP) is 3.73. The molecule has 166 valence electrons. The summed E-state index contributed by atoms with van der Waals surface area (Å²) in [6, 6.07) is 13.5. The normalized spacial score (nSPS) is 11.5. The molecule has 2 aromatic carbocycles. The number of halogens is 1. The number of carbonyl (C=O) groups excluding carboxylic acids is 2. The molecule has 10 heteroatoms. The van der Waals surface area contributed by atoms with E-state index in [-0.39, 0.29) is 17.0 Å². The Morgan fingerprint density at radius 2 is 1.69 bits per heavy atom. The summed E-state index contributed by atoms with van der Waals surface area (Å²) >= 11 is 3.35. The number of ether oxygens (including phenoxy) is 3. The summed E-state index contributed by atoms with van der Waals surface area (Å²) in [5, 5.41) is 13.6. The molecule has 1 unspecified atom stereocenters. The second-order valence-electron chi connectivity index (χ2n) is 6.55. The number of methoxy groups -OCH3 is 2. The van der Waals surface area contributed by atoms with Crippen molar-refractivity contribution in [2.24, 2.45) is 0 Å². The highest BCUT2D eigenvalue weighted by Gasteiger charge is 2.31. The van der Waals surface area contributed by atoms with Crippen LogP contribution in [-0.2, 0) is 14.3 Å². The Kier molecular flexibility index (Phi) is 6.94. The van der Waals surface area contributed by atoms with Gasteiger partial charge < -0.3 is 19.3 Å². The Labute approximate surface area is 191 Å². The average molecular weight is 503 g/mol. The number of aliphatic carboxylic acids is 1. The van der Waals surface area contributed by atoms with Crippen molar-refractivity contribution in [2.45, 2.75) is 13.0 Å². The van der Waals surface area contributed by atoms with E-state index in [1.807, 2.05) is 0 Å². The van der Waals surface area contributed by atoms with E-state index in [2.05, 4.69) is 21.0 Å². The fourth-order valence-electron chi connectivity index (χ4n) is 2.94. The number of carboxylic acids is 1. The molecule has 1 atom stereocenters. The van der Waals surface area contributed by atoms with E-state index in [0.717, 1.165) is 0 Å². The second kappa shape index (κ2) is 9.65. The molecule has 0 spiro atoms. The first-order valence-electron chi connectivity index (χ1n) is 9.33. The fraction of sp³-hybridized carbons (Fsp3) is 0.182. The van der Waals surface area contributed by atoms with Gasteiger partial charge in [0.05, 0.1) is 24.4 Å². The van der Waals surface area contributed by atoms with E-state index in [1.165, 1.54) is 25.8 Å². The Morgan fingerprint density at radius 1 is 1.03 bits per heavy atom. The second-order valence-corrected chi connectivity index (χ2v) is 7.40. The summed E-state index contributed by atoms with van der Waals surface area (Å²) in [4.78, 5) is 36.4. The Bertz CT molecular complexity index is 1170. The molecule has 3 rings (SSSR count). The zero-order chi connectivity index (χ0) is 23.4. The first-order chi connectivity index (χ1) is 15.3. The molecule has 0 bridgehead atoms. The van der Waals surface area contributed by atoms with Crippen LogP contribution in [-0.4, -0.2) is 53.1 Å². The van der Waals surface area contributed by atoms with E-state index in [4.69, 9.17) is 19.3 Å². The van der Waals surface area contributed by atoms with Crippen molar-refractivity contribution in [3.8, 4) is 22.7 Å². The number of aromatic nitrogens is 2. The highest BCUT2D eigenvalue weighted by molar-refractivity contribution is 9.10. The summed E-state index contributed by atoms with van der Waals surface area (Å²) in [7, 11) is 2.41. The minimum absolute atomic E-state index is 0.0670. The molecule has 1 heterocycles. The Hall–Kier alpha value is -3.66. The zero-order valence-electron chi connectivity index (χ0n) is 17.4. The molecular formula is C22H19BrN2O7. The van der Waals surface area contributed by atoms with Gasteiger partial charge in [0.2, 0.25) is 0 Å². The molecular weight excluding hydrogens is 484 g/mol. The van der Waals surface area contributed by atoms with Crippen molar-refractivity contribution in [3.05, 3.63) is 64.3 Å². The van der Waals surface area contributed by atoms with Crippen molar-refractivity contribution in [3.63, 3.8) is 0 Å². The third kappa shape index (κ3) is 4.50. The van der Waals surface area contributed by atoms with Crippen LogP contribution in [0.25, 0.3) is 16.9 Å². The Balaban J connectivity index is 2.21. The molecule has 0 amide bonds. The molecule has 0 aliphatic carbocycles. The predicted molar refractivity (Wildman–Crippen MR) is 117 cm³/mol. The van der Waals surface area contributed by atoms with Gasteiger partial charge in [0, 0.05) is 5.56 Å². The lowest BCUT2D eigenvalue weighted by molar-refractivity contribution is -0.144. The van der Waals surface area contributed by atoms with Crippen molar-refractivity contribution >= 4 is 33.8 Å². The maximum absolute atomic E-state index is 12.7. The number of hydrogen-bond donors (Lipinski definition) is 1. The lowest BCUT2D eigenvalue weighted by Crippen LogP contribution is -2.23. The van der Waals surface area contributed by atoms with Crippen molar-refractivity contribution < 1.29 is 33.7 Å². The fourth-order valence-corrected chi connectivity index (χ4v) is 3.41. The van der Waals surface area contributed by atoms with Gasteiger partial charge in [0.1, 0.15) is 17.0 Å². The molecule has 32 heavy (non-hydrogen) atoms. The van der Waals surface area contributed by atoms with Crippen LogP contribution in [0, 0.1) is 0 Å². The van der Waals surface area contributed by atoms with E-state index in [1.54, 1.807) is 48.5 Å². The number of carboxylic acid groups (broad SMARTS) is 1. The van der Waals surface area contributed by atoms with Gasteiger partial charge in [0.15, 0.2) is 11.8 Å². The standard InChI is InChI=1S/C22H19BrN2O7/c1-12(20(26)27)32-16-10-9-13(11-15(16)23)18-17(21(28)30-2)19(22(29)31-3)25(24-18)14-7-5-4-6-8-14/h4-12H,1-3H3,(H,26,27). The number of carbonyl (C=O) groups is 3. The third-order valence-electron chi connectivity index (χ3n) is 4.51. The topological polar surface area (TPSA) is 117 Å². The van der Waals surface area contributed by atoms with Gasteiger partial charge in [-0.15, -0.1) is 0 Å². The first kappa shape index (κ1) is 23.0. The largest absolute Gasteiger partial charge is 0.479 e. The van der Waals surface area contributed by atoms with Crippen LogP contribution >= 0.6 is 15.9 Å². The summed E-state index contributed by atoms with van der Waals surface area (Å²) in [6.07, 6.45) is -1.06. The summed E-state index contributed by atoms with van der Waals surface area (Å²) in [5.74, 6) is -2.35. The van der Waals surface area contributed by atoms with Crippen LogP contribution in [0.3, 0.4) is 0 Å². The van der Waals surface area contributed by atoms with Gasteiger partial charge in [-0.2, -0.15) is 5.10 Å². The lowest BCUT2D eigenvalue weighted by Gasteiger charge is -2.12. The van der Waals surface area contributed by atoms with E-state index < -0.39 is 24.0 Å². The van der Waals surface area contributed by atoms with Crippen LogP contribution in [0.15, 0.2) is 53.0 Å². The van der Waals surface area contributed by atoms with Gasteiger partial charge in [0.25, 0.3) is 0 Å². The molecule has 1 aromatic heterocycles. The van der Waals surface area contributed by atoms with Crippen LogP contribution < -0.4 is 4.74 Å². The van der Waals surface area contributed by atoms with Crippen LogP contribution in [0.4, 0.5) is 0 Å². The number of nitrogens with zero attached hydrogens (tertiary/aromatic N) is 2. The van der Waals surface area contributed by atoms with Gasteiger partial charge in [-0.05, 0) is 53.2 Å². The molecule has 0 fully saturated rings. The van der Waals surface area contributed by atoms with Crippen molar-refractivity contribution in [1.29, 1.82) is 0 Å². The SMILES string of the molecule is COC(=O)c1c(-c2ccc(OC(C)C(=O)O)c(Br)c2)nn(-c2ccccc2)c1C(=O)OC. The van der Waals surface area contributed by atoms with Gasteiger partial charge in [-0.25, -0.2) is 19.1 Å². The average Bonchev–Trinajstić information content (AvgIpc) is 3.20. The zero-order valence-corrected chi connectivity index (χ0v) is 19.0. The lowest BCUT2D eigenvalue weighted by atomic mass is 10.1. The monoisotopic (exact) mass is 502 g/mol. The van der Waals surface area contributed by atoms with E-state index >= 15 is 0 Å². The molecule has 0 saturated heterocycles. The smallest absolute Gasteiger partial charge is 0.357 e. The van der Waals surface area contributed by atoms with Crippen LogP contribution in [0.1, 0.15) is 27.8 Å². The minimum Gasteiger partial charge on any atom is -0.479 e.